The molecule has 0 saturated carbocycles. The number of rotatable bonds is 5. The molecule has 0 bridgehead atoms. The van der Waals surface area contributed by atoms with Gasteiger partial charge in [0.1, 0.15) is 0 Å². The highest BCUT2D eigenvalue weighted by molar-refractivity contribution is 7.89. The number of benzene rings is 2. The van der Waals surface area contributed by atoms with Crippen LogP contribution in [0.4, 0.5) is 13.2 Å². The fourth-order valence-corrected chi connectivity index (χ4v) is 3.60. The van der Waals surface area contributed by atoms with E-state index >= 15 is 0 Å². The molecule has 1 N–H and O–H groups in total. The summed E-state index contributed by atoms with van der Waals surface area (Å²) in [6.07, 6.45) is -4.54. The maximum absolute atomic E-state index is 12.6. The van der Waals surface area contributed by atoms with Crippen LogP contribution in [0, 0.1) is 0 Å². The fourth-order valence-electron chi connectivity index (χ4n) is 2.39. The van der Waals surface area contributed by atoms with Gasteiger partial charge >= 0.3 is 6.18 Å². The highest BCUT2D eigenvalue weighted by atomic mass is 32.2. The Kier molecular flexibility index (Phi) is 4.98. The van der Waals surface area contributed by atoms with Crippen molar-refractivity contribution < 1.29 is 21.6 Å². The van der Waals surface area contributed by atoms with Crippen molar-refractivity contribution in [1.29, 1.82) is 0 Å². The van der Waals surface area contributed by atoms with E-state index in [1.54, 1.807) is 24.3 Å². The standard InChI is InChI=1S/C16H14F3N5O2S/c1-11(15-20-22-23-24(15)13-5-3-2-4-6-13)21-27(25,26)14-9-7-12(8-10-14)16(17,18)19/h2-11,21H,1H3. The molecule has 2 aromatic carbocycles. The average molecular weight is 397 g/mol. The lowest BCUT2D eigenvalue weighted by Gasteiger charge is -2.14. The van der Waals surface area contributed by atoms with Crippen LogP contribution in [0.25, 0.3) is 5.69 Å². The van der Waals surface area contributed by atoms with Crippen LogP contribution in [0.1, 0.15) is 24.4 Å². The van der Waals surface area contributed by atoms with Crippen molar-refractivity contribution in [2.24, 2.45) is 0 Å². The number of sulfonamides is 1. The van der Waals surface area contributed by atoms with Gasteiger partial charge in [0.25, 0.3) is 0 Å². The molecule has 0 aliphatic rings. The normalized spacial score (nSPS) is 13.5. The first-order valence-electron chi connectivity index (χ1n) is 7.72. The highest BCUT2D eigenvalue weighted by Gasteiger charge is 2.31. The summed E-state index contributed by atoms with van der Waals surface area (Å²) < 4.78 is 66.6. The summed E-state index contributed by atoms with van der Waals surface area (Å²) in [7, 11) is -4.07. The third-order valence-corrected chi connectivity index (χ3v) is 5.26. The van der Waals surface area contributed by atoms with E-state index in [9.17, 15) is 21.6 Å². The van der Waals surface area contributed by atoms with Gasteiger partial charge in [-0.1, -0.05) is 18.2 Å². The third kappa shape index (κ3) is 4.14. The minimum absolute atomic E-state index is 0.233. The molecule has 1 unspecified atom stereocenters. The summed E-state index contributed by atoms with van der Waals surface area (Å²) in [5.74, 6) is 0.233. The van der Waals surface area contributed by atoms with Crippen LogP contribution < -0.4 is 4.72 Å². The summed E-state index contributed by atoms with van der Waals surface area (Å²) >= 11 is 0. The van der Waals surface area contributed by atoms with Gasteiger partial charge in [-0.05, 0) is 53.7 Å². The van der Waals surface area contributed by atoms with E-state index in [0.717, 1.165) is 12.1 Å². The van der Waals surface area contributed by atoms with Gasteiger partial charge in [0, 0.05) is 0 Å². The fraction of sp³-hybridized carbons (Fsp3) is 0.188. The molecule has 0 radical (unpaired) electrons. The van der Waals surface area contributed by atoms with E-state index in [-0.39, 0.29) is 10.7 Å². The van der Waals surface area contributed by atoms with Gasteiger partial charge in [0.05, 0.1) is 22.2 Å². The lowest BCUT2D eigenvalue weighted by Crippen LogP contribution is -2.29. The van der Waals surface area contributed by atoms with Gasteiger partial charge in [-0.25, -0.2) is 13.1 Å². The van der Waals surface area contributed by atoms with E-state index in [4.69, 9.17) is 0 Å². The second kappa shape index (κ2) is 7.08. The van der Waals surface area contributed by atoms with Crippen LogP contribution in [0.15, 0.2) is 59.5 Å². The van der Waals surface area contributed by atoms with Crippen molar-refractivity contribution in [3.8, 4) is 5.69 Å². The van der Waals surface area contributed by atoms with Crippen LogP contribution in [0.3, 0.4) is 0 Å². The van der Waals surface area contributed by atoms with Gasteiger partial charge in [0.15, 0.2) is 5.82 Å². The number of tetrazole rings is 1. The molecular formula is C16H14F3N5O2S. The molecule has 142 valence electrons. The van der Waals surface area contributed by atoms with E-state index in [0.29, 0.717) is 17.8 Å². The topological polar surface area (TPSA) is 89.8 Å². The SMILES string of the molecule is CC(NS(=O)(=O)c1ccc(C(F)(F)F)cc1)c1nnnn1-c1ccccc1. The van der Waals surface area contributed by atoms with Gasteiger partial charge < -0.3 is 0 Å². The maximum Gasteiger partial charge on any atom is 0.416 e. The average Bonchev–Trinajstić information content (AvgIpc) is 3.11. The molecule has 3 rings (SSSR count). The number of alkyl halides is 3. The number of halogens is 3. The number of para-hydroxylation sites is 1. The largest absolute Gasteiger partial charge is 0.416 e. The van der Waals surface area contributed by atoms with Gasteiger partial charge in [-0.15, -0.1) is 5.10 Å². The summed E-state index contributed by atoms with van der Waals surface area (Å²) in [4.78, 5) is -0.291. The third-order valence-electron chi connectivity index (χ3n) is 3.71. The predicted molar refractivity (Wildman–Crippen MR) is 89.3 cm³/mol. The summed E-state index contributed by atoms with van der Waals surface area (Å²) in [6, 6.07) is 11.3. The van der Waals surface area contributed by atoms with Crippen molar-refractivity contribution in [3.63, 3.8) is 0 Å². The van der Waals surface area contributed by atoms with Gasteiger partial charge in [0.2, 0.25) is 10.0 Å². The second-order valence-corrected chi connectivity index (χ2v) is 7.36. The number of aromatic nitrogens is 4. The summed E-state index contributed by atoms with van der Waals surface area (Å²) in [5.41, 5.74) is -0.291. The monoisotopic (exact) mass is 397 g/mol. The van der Waals surface area contributed by atoms with Gasteiger partial charge in [-0.2, -0.15) is 17.9 Å². The molecule has 7 nitrogen and oxygen atoms in total. The molecule has 11 heteroatoms. The van der Waals surface area contributed by atoms with Crippen molar-refractivity contribution in [3.05, 3.63) is 66.0 Å². The molecule has 1 heterocycles. The number of hydrogen-bond acceptors (Lipinski definition) is 5. The first kappa shape index (κ1) is 19.0. The van der Waals surface area contributed by atoms with E-state index in [1.165, 1.54) is 11.6 Å². The molecule has 0 amide bonds. The van der Waals surface area contributed by atoms with Crippen LogP contribution in [-0.4, -0.2) is 28.6 Å². The van der Waals surface area contributed by atoms with Gasteiger partial charge in [-0.3, -0.25) is 0 Å². The Morgan fingerprint density at radius 3 is 2.26 bits per heavy atom. The molecule has 1 aromatic heterocycles. The Hall–Kier alpha value is -2.79. The van der Waals surface area contributed by atoms with Crippen molar-refractivity contribution in [1.82, 2.24) is 24.9 Å². The van der Waals surface area contributed by atoms with Crippen molar-refractivity contribution >= 4 is 10.0 Å². The zero-order valence-corrected chi connectivity index (χ0v) is 14.7. The lowest BCUT2D eigenvalue weighted by atomic mass is 10.2. The predicted octanol–water partition coefficient (Wildman–Crippen LogP) is 2.72. The summed E-state index contributed by atoms with van der Waals surface area (Å²) in [5, 5.41) is 11.3. The second-order valence-electron chi connectivity index (χ2n) is 5.65. The Bertz CT molecular complexity index is 1020. The number of nitrogens with one attached hydrogen (secondary N) is 1. The lowest BCUT2D eigenvalue weighted by molar-refractivity contribution is -0.137. The molecule has 0 aliphatic heterocycles. The molecule has 0 fully saturated rings. The Labute approximate surface area is 152 Å². The Balaban J connectivity index is 1.84. The molecule has 1 atom stereocenters. The van der Waals surface area contributed by atoms with Crippen LogP contribution in [-0.2, 0) is 16.2 Å². The quantitative estimate of drug-likeness (QED) is 0.715. The van der Waals surface area contributed by atoms with Crippen LogP contribution >= 0.6 is 0 Å². The number of hydrogen-bond donors (Lipinski definition) is 1. The van der Waals surface area contributed by atoms with E-state index in [2.05, 4.69) is 20.2 Å². The molecule has 0 spiro atoms. The molecular weight excluding hydrogens is 383 g/mol. The Morgan fingerprint density at radius 1 is 1.04 bits per heavy atom. The van der Waals surface area contributed by atoms with E-state index < -0.39 is 27.8 Å². The van der Waals surface area contributed by atoms with Crippen molar-refractivity contribution in [2.75, 3.05) is 0 Å². The zero-order valence-electron chi connectivity index (χ0n) is 13.9. The molecule has 0 aliphatic carbocycles. The molecule has 3 aromatic rings. The minimum atomic E-state index is -4.54. The zero-order chi connectivity index (χ0) is 19.7. The smallest absolute Gasteiger partial charge is 0.207 e. The van der Waals surface area contributed by atoms with Crippen molar-refractivity contribution in [2.45, 2.75) is 24.0 Å². The molecule has 27 heavy (non-hydrogen) atoms. The Morgan fingerprint density at radius 2 is 1.67 bits per heavy atom. The van der Waals surface area contributed by atoms with Crippen LogP contribution in [0.2, 0.25) is 0 Å². The van der Waals surface area contributed by atoms with E-state index in [1.807, 2.05) is 6.07 Å². The maximum atomic E-state index is 12.6. The number of nitrogens with zero attached hydrogens (tertiary/aromatic N) is 4. The first-order valence-corrected chi connectivity index (χ1v) is 9.20. The minimum Gasteiger partial charge on any atom is -0.207 e. The highest BCUT2D eigenvalue weighted by Crippen LogP contribution is 2.29. The molecule has 0 saturated heterocycles. The van der Waals surface area contributed by atoms with Crippen LogP contribution in [0.5, 0.6) is 0 Å². The summed E-state index contributed by atoms with van der Waals surface area (Å²) in [6.45, 7) is 1.53. The first-order chi connectivity index (χ1) is 12.7.